The van der Waals surface area contributed by atoms with Crippen molar-refractivity contribution in [1.29, 1.82) is 0 Å². The summed E-state index contributed by atoms with van der Waals surface area (Å²) in [4.78, 5) is -0.162. The summed E-state index contributed by atoms with van der Waals surface area (Å²) < 4.78 is 32.4. The van der Waals surface area contributed by atoms with Crippen LogP contribution in [-0.2, 0) is 6.42 Å². The molecule has 0 spiro atoms. The molecule has 0 aliphatic carbocycles. The predicted molar refractivity (Wildman–Crippen MR) is 82.7 cm³/mol. The third kappa shape index (κ3) is 3.00. The fourth-order valence-electron chi connectivity index (χ4n) is 2.32. The van der Waals surface area contributed by atoms with Crippen molar-refractivity contribution in [2.75, 3.05) is 0 Å². The molecule has 3 rings (SSSR count). The van der Waals surface area contributed by atoms with Gasteiger partial charge in [-0.25, -0.2) is 8.78 Å². The minimum Gasteiger partial charge on any atom is -0.460 e. The van der Waals surface area contributed by atoms with E-state index >= 15 is 0 Å². The number of fused-ring (bicyclic) bond motifs is 1. The lowest BCUT2D eigenvalue weighted by Crippen LogP contribution is -1.97. The molecule has 0 fully saturated rings. The molecule has 0 radical (unpaired) electrons. The smallest absolute Gasteiger partial charge is 0.134 e. The van der Waals surface area contributed by atoms with Gasteiger partial charge in [0, 0.05) is 11.5 Å². The molecular formula is C17H13BrF2O. The summed E-state index contributed by atoms with van der Waals surface area (Å²) in [5.41, 5.74) is 2.42. The average Bonchev–Trinajstić information content (AvgIpc) is 2.85. The number of rotatable bonds is 3. The van der Waals surface area contributed by atoms with Crippen LogP contribution in [0.5, 0.6) is 0 Å². The molecule has 0 saturated heterocycles. The van der Waals surface area contributed by atoms with Gasteiger partial charge in [0.05, 0.1) is 4.83 Å². The first-order valence-corrected chi connectivity index (χ1v) is 7.52. The van der Waals surface area contributed by atoms with E-state index in [0.29, 0.717) is 12.0 Å². The molecule has 108 valence electrons. The Bertz CT molecular complexity index is 795. The van der Waals surface area contributed by atoms with E-state index in [1.54, 1.807) is 0 Å². The van der Waals surface area contributed by atoms with Crippen molar-refractivity contribution < 1.29 is 13.2 Å². The zero-order valence-corrected chi connectivity index (χ0v) is 13.0. The number of hydrogen-bond acceptors (Lipinski definition) is 1. The largest absolute Gasteiger partial charge is 0.460 e. The summed E-state index contributed by atoms with van der Waals surface area (Å²) in [6, 6.07) is 11.5. The van der Waals surface area contributed by atoms with Crippen LogP contribution >= 0.6 is 15.9 Å². The Morgan fingerprint density at radius 1 is 1.10 bits per heavy atom. The van der Waals surface area contributed by atoms with Crippen LogP contribution in [0.4, 0.5) is 8.78 Å². The molecule has 1 heterocycles. The lowest BCUT2D eigenvalue weighted by Gasteiger charge is -2.07. The van der Waals surface area contributed by atoms with Gasteiger partial charge < -0.3 is 4.42 Å². The first-order valence-electron chi connectivity index (χ1n) is 6.61. The molecule has 0 aliphatic heterocycles. The Morgan fingerprint density at radius 2 is 1.90 bits per heavy atom. The third-order valence-electron chi connectivity index (χ3n) is 3.41. The van der Waals surface area contributed by atoms with Crippen molar-refractivity contribution >= 4 is 26.9 Å². The van der Waals surface area contributed by atoms with Crippen molar-refractivity contribution in [3.63, 3.8) is 0 Å². The third-order valence-corrected chi connectivity index (χ3v) is 4.19. The summed E-state index contributed by atoms with van der Waals surface area (Å²) in [6.07, 6.45) is 0.394. The van der Waals surface area contributed by atoms with E-state index in [-0.39, 0.29) is 4.83 Å². The van der Waals surface area contributed by atoms with Gasteiger partial charge in [0.2, 0.25) is 0 Å². The maximum absolute atomic E-state index is 13.7. The van der Waals surface area contributed by atoms with Crippen LogP contribution < -0.4 is 0 Å². The first-order chi connectivity index (χ1) is 10.0. The minimum absolute atomic E-state index is 0.162. The highest BCUT2D eigenvalue weighted by atomic mass is 79.9. The highest BCUT2D eigenvalue weighted by Gasteiger charge is 2.16. The van der Waals surface area contributed by atoms with E-state index in [4.69, 9.17) is 4.42 Å². The number of furan rings is 1. The lowest BCUT2D eigenvalue weighted by molar-refractivity contribution is 0.536. The second-order valence-electron chi connectivity index (χ2n) is 5.10. The molecule has 2 aromatic carbocycles. The van der Waals surface area contributed by atoms with Crippen molar-refractivity contribution in [3.8, 4) is 0 Å². The zero-order chi connectivity index (χ0) is 15.0. The highest BCUT2D eigenvalue weighted by molar-refractivity contribution is 9.09. The maximum atomic E-state index is 13.7. The number of halogens is 3. The number of aryl methyl sites for hydroxylation is 1. The standard InChI is InChI=1S/C17H13BrF2O/c1-10-2-5-16-12(6-10)8-17(21-16)14(18)7-11-3-4-13(19)9-15(11)20/h2-6,8-9,14H,7H2,1H3. The molecule has 1 unspecified atom stereocenters. The van der Waals surface area contributed by atoms with Crippen LogP contribution in [0.25, 0.3) is 11.0 Å². The van der Waals surface area contributed by atoms with Crippen molar-refractivity contribution in [3.05, 3.63) is 71.0 Å². The Morgan fingerprint density at radius 3 is 2.67 bits per heavy atom. The number of alkyl halides is 1. The van der Waals surface area contributed by atoms with Crippen LogP contribution in [-0.4, -0.2) is 0 Å². The summed E-state index contributed by atoms with van der Waals surface area (Å²) >= 11 is 3.52. The Labute approximate surface area is 129 Å². The monoisotopic (exact) mass is 350 g/mol. The Hall–Kier alpha value is -1.68. The van der Waals surface area contributed by atoms with Crippen LogP contribution in [0.3, 0.4) is 0 Å². The van der Waals surface area contributed by atoms with Crippen molar-refractivity contribution in [2.24, 2.45) is 0 Å². The minimum atomic E-state index is -0.568. The molecule has 0 bridgehead atoms. The van der Waals surface area contributed by atoms with Gasteiger partial charge in [-0.3, -0.25) is 0 Å². The molecule has 3 aromatic rings. The van der Waals surface area contributed by atoms with Gasteiger partial charge in [-0.1, -0.05) is 33.6 Å². The van der Waals surface area contributed by atoms with Gasteiger partial charge in [0.25, 0.3) is 0 Å². The second-order valence-corrected chi connectivity index (χ2v) is 6.20. The molecule has 0 aliphatic rings. The van der Waals surface area contributed by atoms with E-state index in [1.165, 1.54) is 12.1 Å². The molecule has 1 aromatic heterocycles. The Balaban J connectivity index is 1.87. The van der Waals surface area contributed by atoms with Gasteiger partial charge in [-0.2, -0.15) is 0 Å². The van der Waals surface area contributed by atoms with E-state index < -0.39 is 11.6 Å². The van der Waals surface area contributed by atoms with Gasteiger partial charge in [0.15, 0.2) is 0 Å². The lowest BCUT2D eigenvalue weighted by atomic mass is 10.1. The van der Waals surface area contributed by atoms with E-state index in [0.717, 1.165) is 28.4 Å². The van der Waals surface area contributed by atoms with E-state index in [9.17, 15) is 8.78 Å². The number of benzene rings is 2. The molecule has 1 nitrogen and oxygen atoms in total. The molecule has 21 heavy (non-hydrogen) atoms. The number of hydrogen-bond donors (Lipinski definition) is 0. The summed E-state index contributed by atoms with van der Waals surface area (Å²) in [5.74, 6) is -0.368. The van der Waals surface area contributed by atoms with Crippen LogP contribution in [0.15, 0.2) is 46.9 Å². The maximum Gasteiger partial charge on any atom is 0.134 e. The fourth-order valence-corrected chi connectivity index (χ4v) is 2.89. The van der Waals surface area contributed by atoms with Crippen LogP contribution in [0.2, 0.25) is 0 Å². The molecule has 0 amide bonds. The zero-order valence-electron chi connectivity index (χ0n) is 11.4. The molecule has 0 N–H and O–H groups in total. The first kappa shape index (κ1) is 14.3. The summed E-state index contributed by atoms with van der Waals surface area (Å²) in [5, 5.41) is 1.02. The SMILES string of the molecule is Cc1ccc2oc(C(Br)Cc3ccc(F)cc3F)cc2c1. The Kier molecular flexibility index (Phi) is 3.81. The second kappa shape index (κ2) is 5.60. The predicted octanol–water partition coefficient (Wildman–Crippen LogP) is 5.70. The summed E-state index contributed by atoms with van der Waals surface area (Å²) in [7, 11) is 0. The van der Waals surface area contributed by atoms with E-state index in [1.807, 2.05) is 31.2 Å². The summed E-state index contributed by atoms with van der Waals surface area (Å²) in [6.45, 7) is 2.02. The fraction of sp³-hybridized carbons (Fsp3) is 0.176. The van der Waals surface area contributed by atoms with Crippen LogP contribution in [0, 0.1) is 18.6 Å². The van der Waals surface area contributed by atoms with Gasteiger partial charge in [-0.15, -0.1) is 0 Å². The topological polar surface area (TPSA) is 13.1 Å². The van der Waals surface area contributed by atoms with Gasteiger partial charge in [0.1, 0.15) is 23.0 Å². The van der Waals surface area contributed by atoms with E-state index in [2.05, 4.69) is 15.9 Å². The molecule has 0 saturated carbocycles. The molecule has 4 heteroatoms. The van der Waals surface area contributed by atoms with Gasteiger partial charge in [-0.05, 0) is 43.2 Å². The van der Waals surface area contributed by atoms with Crippen molar-refractivity contribution in [2.45, 2.75) is 18.2 Å². The normalized spacial score (nSPS) is 12.8. The average molecular weight is 351 g/mol. The molecular weight excluding hydrogens is 338 g/mol. The van der Waals surface area contributed by atoms with Crippen molar-refractivity contribution in [1.82, 2.24) is 0 Å². The van der Waals surface area contributed by atoms with Gasteiger partial charge >= 0.3 is 0 Å². The van der Waals surface area contributed by atoms with Crippen LogP contribution in [0.1, 0.15) is 21.7 Å². The quantitative estimate of drug-likeness (QED) is 0.552. The highest BCUT2D eigenvalue weighted by Crippen LogP contribution is 2.32. The molecule has 1 atom stereocenters.